The molecule has 0 radical (unpaired) electrons. The van der Waals surface area contributed by atoms with Gasteiger partial charge >= 0.3 is 0 Å². The quantitative estimate of drug-likeness (QED) is 0.198. The first kappa shape index (κ1) is 24.0. The van der Waals surface area contributed by atoms with E-state index in [0.29, 0.717) is 33.9 Å². The van der Waals surface area contributed by atoms with Gasteiger partial charge in [-0.2, -0.15) is 0 Å². The van der Waals surface area contributed by atoms with Crippen LogP contribution in [-0.4, -0.2) is 26.5 Å². The van der Waals surface area contributed by atoms with Crippen molar-refractivity contribution in [2.24, 2.45) is 0 Å². The zero-order valence-corrected chi connectivity index (χ0v) is 20.4. The molecule has 0 unspecified atom stereocenters. The highest BCUT2D eigenvalue weighted by atomic mass is 32.2. The number of carbonyl (C=O) groups excluding carboxylic acids is 2. The van der Waals surface area contributed by atoms with E-state index in [-0.39, 0.29) is 17.2 Å². The normalized spacial score (nSPS) is 14.5. The molecular weight excluding hydrogens is 446 g/mol. The molecule has 1 heterocycles. The van der Waals surface area contributed by atoms with E-state index in [9.17, 15) is 14.4 Å². The largest absolute Gasteiger partial charge is 0.325 e. The van der Waals surface area contributed by atoms with Crippen molar-refractivity contribution >= 4 is 40.0 Å². The zero-order valence-electron chi connectivity index (χ0n) is 19.5. The number of allylic oxidation sites excluding steroid dienone is 2. The Labute approximate surface area is 203 Å². The average molecular weight is 476 g/mol. The number of aromatic nitrogens is 2. The summed E-state index contributed by atoms with van der Waals surface area (Å²) in [6.45, 7) is 3.83. The summed E-state index contributed by atoms with van der Waals surface area (Å²) in [7, 11) is 0. The molecule has 0 saturated heterocycles. The van der Waals surface area contributed by atoms with E-state index in [4.69, 9.17) is 4.98 Å². The monoisotopic (exact) mass is 475 g/mol. The number of carbonyl (C=O) groups is 2. The Morgan fingerprint density at radius 1 is 1.15 bits per heavy atom. The van der Waals surface area contributed by atoms with Gasteiger partial charge in [0, 0.05) is 17.8 Å². The molecule has 4 rings (SSSR count). The molecule has 2 aromatic carbocycles. The lowest BCUT2D eigenvalue weighted by atomic mass is 9.97. The summed E-state index contributed by atoms with van der Waals surface area (Å²) in [4.78, 5) is 42.6. The molecule has 0 spiro atoms. The lowest BCUT2D eigenvalue weighted by molar-refractivity contribution is -0.115. The Morgan fingerprint density at radius 3 is 2.74 bits per heavy atom. The maximum atomic E-state index is 13.3. The van der Waals surface area contributed by atoms with Gasteiger partial charge in [-0.05, 0) is 70.2 Å². The van der Waals surface area contributed by atoms with Crippen LogP contribution in [0.25, 0.3) is 10.9 Å². The number of thioether (sulfide) groups is 1. The Morgan fingerprint density at radius 2 is 1.97 bits per heavy atom. The Bertz CT molecular complexity index is 1310. The zero-order chi connectivity index (χ0) is 24.1. The van der Waals surface area contributed by atoms with Crippen molar-refractivity contribution in [3.05, 3.63) is 76.1 Å². The molecule has 1 aliphatic carbocycles. The molecule has 0 fully saturated rings. The second-order valence-electron chi connectivity index (χ2n) is 8.61. The van der Waals surface area contributed by atoms with Gasteiger partial charge < -0.3 is 5.32 Å². The average Bonchev–Trinajstić information content (AvgIpc) is 2.84. The van der Waals surface area contributed by atoms with Crippen LogP contribution in [-0.2, 0) is 11.3 Å². The van der Waals surface area contributed by atoms with Crippen LogP contribution in [0.3, 0.4) is 0 Å². The molecule has 1 amide bonds. The second-order valence-corrected chi connectivity index (χ2v) is 9.92. The van der Waals surface area contributed by atoms with Crippen LogP contribution in [0.2, 0.25) is 0 Å². The Balaban J connectivity index is 1.57. The van der Waals surface area contributed by atoms with Gasteiger partial charge in [-0.15, -0.1) is 0 Å². The highest BCUT2D eigenvalue weighted by Gasteiger charge is 2.20. The number of anilines is 1. The molecule has 176 valence electrons. The van der Waals surface area contributed by atoms with Crippen LogP contribution in [0, 0.1) is 0 Å². The van der Waals surface area contributed by atoms with Crippen molar-refractivity contribution in [2.45, 2.75) is 62.9 Å². The molecule has 1 aromatic heterocycles. The topological polar surface area (TPSA) is 81.1 Å². The van der Waals surface area contributed by atoms with E-state index in [2.05, 4.69) is 11.4 Å². The van der Waals surface area contributed by atoms with Crippen molar-refractivity contribution < 1.29 is 9.59 Å². The third-order valence-corrected chi connectivity index (χ3v) is 7.15. The fourth-order valence-corrected chi connectivity index (χ4v) is 5.03. The number of fused-ring (bicyclic) bond motifs is 1. The van der Waals surface area contributed by atoms with Crippen LogP contribution >= 0.6 is 11.8 Å². The van der Waals surface area contributed by atoms with Crippen molar-refractivity contribution in [1.29, 1.82) is 0 Å². The summed E-state index contributed by atoms with van der Waals surface area (Å²) in [5.41, 5.74) is 3.05. The van der Waals surface area contributed by atoms with Gasteiger partial charge in [0.15, 0.2) is 10.9 Å². The lowest BCUT2D eigenvalue weighted by Gasteiger charge is -2.18. The second kappa shape index (κ2) is 10.8. The minimum absolute atomic E-state index is 0.0593. The van der Waals surface area contributed by atoms with Gasteiger partial charge in [-0.25, -0.2) is 4.98 Å². The molecule has 0 bridgehead atoms. The molecule has 6 nitrogen and oxygen atoms in total. The fourth-order valence-electron chi connectivity index (χ4n) is 4.09. The summed E-state index contributed by atoms with van der Waals surface area (Å²) >= 11 is 1.28. The summed E-state index contributed by atoms with van der Waals surface area (Å²) in [6.07, 6.45) is 7.71. The number of hydrogen-bond acceptors (Lipinski definition) is 5. The highest BCUT2D eigenvalue weighted by molar-refractivity contribution is 8.00. The van der Waals surface area contributed by atoms with Crippen LogP contribution in [0.5, 0.6) is 0 Å². The number of para-hydroxylation sites is 1. The maximum Gasteiger partial charge on any atom is 0.262 e. The van der Waals surface area contributed by atoms with E-state index >= 15 is 0 Å². The van der Waals surface area contributed by atoms with E-state index in [1.165, 1.54) is 37.1 Å². The molecule has 3 aromatic rings. The van der Waals surface area contributed by atoms with Crippen LogP contribution < -0.4 is 10.9 Å². The number of nitrogens with one attached hydrogen (secondary N) is 1. The number of rotatable bonds is 8. The smallest absolute Gasteiger partial charge is 0.262 e. The van der Waals surface area contributed by atoms with E-state index in [1.54, 1.807) is 41.8 Å². The number of nitrogens with zero attached hydrogens (tertiary/aromatic N) is 2. The molecule has 1 atom stereocenters. The fraction of sp³-hybridized carbons (Fsp3) is 0.333. The molecule has 0 saturated carbocycles. The van der Waals surface area contributed by atoms with Gasteiger partial charge in [-0.3, -0.25) is 19.0 Å². The number of amides is 1. The molecule has 34 heavy (non-hydrogen) atoms. The summed E-state index contributed by atoms with van der Waals surface area (Å²) in [5.74, 6) is -0.273. The lowest BCUT2D eigenvalue weighted by Crippen LogP contribution is -2.27. The highest BCUT2D eigenvalue weighted by Crippen LogP contribution is 2.26. The summed E-state index contributed by atoms with van der Waals surface area (Å²) in [5, 5.41) is 3.51. The van der Waals surface area contributed by atoms with Crippen molar-refractivity contribution in [2.75, 3.05) is 5.32 Å². The van der Waals surface area contributed by atoms with Gasteiger partial charge in [0.2, 0.25) is 5.91 Å². The van der Waals surface area contributed by atoms with Crippen molar-refractivity contribution in [1.82, 2.24) is 9.55 Å². The van der Waals surface area contributed by atoms with Crippen LogP contribution in [0.15, 0.2) is 70.1 Å². The molecule has 7 heteroatoms. The van der Waals surface area contributed by atoms with E-state index in [0.717, 1.165) is 19.3 Å². The first-order valence-corrected chi connectivity index (χ1v) is 12.6. The van der Waals surface area contributed by atoms with Crippen molar-refractivity contribution in [3.8, 4) is 0 Å². The standard InChI is InChI=1S/C27H29N3O3S/c1-18(31)21-11-8-12-22(17-21)28-25(32)19(2)34-27-29-24-14-7-6-13-23(24)26(33)30(27)16-15-20-9-4-3-5-10-20/h6-9,11-14,17,19H,3-5,10,15-16H2,1-2H3,(H,28,32)/t19-/m1/s1. The summed E-state index contributed by atoms with van der Waals surface area (Å²) in [6, 6.07) is 14.2. The molecule has 1 aliphatic rings. The van der Waals surface area contributed by atoms with E-state index < -0.39 is 5.25 Å². The number of ketones is 1. The van der Waals surface area contributed by atoms with Gasteiger partial charge in [0.1, 0.15) is 0 Å². The third kappa shape index (κ3) is 5.65. The first-order valence-electron chi connectivity index (χ1n) is 11.7. The molecule has 0 aliphatic heterocycles. The third-order valence-electron chi connectivity index (χ3n) is 6.06. The van der Waals surface area contributed by atoms with Crippen molar-refractivity contribution in [3.63, 3.8) is 0 Å². The van der Waals surface area contributed by atoms with E-state index in [1.807, 2.05) is 18.2 Å². The summed E-state index contributed by atoms with van der Waals surface area (Å²) < 4.78 is 1.71. The minimum atomic E-state index is -0.491. The minimum Gasteiger partial charge on any atom is -0.325 e. The number of benzene rings is 2. The Hall–Kier alpha value is -3.19. The number of Topliss-reactive ketones (excluding diaryl/α,β-unsaturated/α-hetero) is 1. The SMILES string of the molecule is CC(=O)c1cccc(NC(=O)[C@@H](C)Sc2nc3ccccc3c(=O)n2CCC2=CCCCC2)c1. The van der Waals surface area contributed by atoms with Gasteiger partial charge in [-0.1, -0.05) is 47.7 Å². The van der Waals surface area contributed by atoms with Crippen LogP contribution in [0.1, 0.15) is 56.3 Å². The van der Waals surface area contributed by atoms with Gasteiger partial charge in [0.05, 0.1) is 16.2 Å². The number of hydrogen-bond donors (Lipinski definition) is 1. The predicted octanol–water partition coefficient (Wildman–Crippen LogP) is 5.61. The van der Waals surface area contributed by atoms with Gasteiger partial charge in [0.25, 0.3) is 5.56 Å². The Kier molecular flexibility index (Phi) is 7.63. The van der Waals surface area contributed by atoms with Crippen LogP contribution in [0.4, 0.5) is 5.69 Å². The predicted molar refractivity (Wildman–Crippen MR) is 138 cm³/mol. The molecule has 1 N–H and O–H groups in total. The first-order chi connectivity index (χ1) is 16.4. The molecular formula is C27H29N3O3S. The maximum absolute atomic E-state index is 13.3.